The molecule has 120 valence electrons. The Balaban J connectivity index is 1.86. The van der Waals surface area contributed by atoms with E-state index in [1.807, 2.05) is 24.3 Å². The summed E-state index contributed by atoms with van der Waals surface area (Å²) in [6.45, 7) is 0.552. The smallest absolute Gasteiger partial charge is 0.225 e. The van der Waals surface area contributed by atoms with Gasteiger partial charge in [0.25, 0.3) is 0 Å². The first-order valence-electron chi connectivity index (χ1n) is 6.68. The number of halogens is 2. The van der Waals surface area contributed by atoms with Crippen LogP contribution in [0.1, 0.15) is 5.56 Å². The zero-order valence-electron chi connectivity index (χ0n) is 12.4. The van der Waals surface area contributed by atoms with E-state index in [2.05, 4.69) is 15.3 Å². The van der Waals surface area contributed by atoms with E-state index < -0.39 is 0 Å². The lowest BCUT2D eigenvalue weighted by atomic mass is 10.2. The van der Waals surface area contributed by atoms with E-state index in [4.69, 9.17) is 32.7 Å². The molecule has 5 nitrogen and oxygen atoms in total. The van der Waals surface area contributed by atoms with Crippen LogP contribution in [0.25, 0.3) is 10.2 Å². The highest BCUT2D eigenvalue weighted by Gasteiger charge is 2.11. The van der Waals surface area contributed by atoms with Gasteiger partial charge < -0.3 is 14.8 Å². The highest BCUT2D eigenvalue weighted by atomic mass is 35.5. The molecule has 0 saturated carbocycles. The lowest BCUT2D eigenvalue weighted by Crippen LogP contribution is -2.03. The molecule has 8 heteroatoms. The van der Waals surface area contributed by atoms with Gasteiger partial charge in [0.1, 0.15) is 10.6 Å². The number of methoxy groups -OCH3 is 2. The van der Waals surface area contributed by atoms with E-state index in [0.717, 1.165) is 15.8 Å². The second-order valence-electron chi connectivity index (χ2n) is 4.65. The average Bonchev–Trinajstić information content (AvgIpc) is 2.92. The molecule has 2 heterocycles. The van der Waals surface area contributed by atoms with Crippen molar-refractivity contribution in [2.24, 2.45) is 0 Å². The summed E-state index contributed by atoms with van der Waals surface area (Å²) in [5, 5.41) is 4.30. The van der Waals surface area contributed by atoms with Crippen LogP contribution in [0.15, 0.2) is 24.3 Å². The molecule has 0 aliphatic heterocycles. The molecule has 0 spiro atoms. The molecule has 0 saturated heterocycles. The van der Waals surface area contributed by atoms with Crippen molar-refractivity contribution in [2.45, 2.75) is 6.54 Å². The molecule has 0 atom stereocenters. The van der Waals surface area contributed by atoms with Gasteiger partial charge in [-0.05, 0) is 35.4 Å². The van der Waals surface area contributed by atoms with Crippen LogP contribution in [0.2, 0.25) is 9.62 Å². The summed E-state index contributed by atoms with van der Waals surface area (Å²) in [6.07, 6.45) is 0. The topological polar surface area (TPSA) is 56.3 Å². The quantitative estimate of drug-likeness (QED) is 0.664. The fourth-order valence-corrected chi connectivity index (χ4v) is 3.48. The molecule has 0 radical (unpaired) electrons. The van der Waals surface area contributed by atoms with E-state index in [0.29, 0.717) is 28.2 Å². The van der Waals surface area contributed by atoms with Gasteiger partial charge in [0.05, 0.1) is 23.9 Å². The van der Waals surface area contributed by atoms with Crippen molar-refractivity contribution in [3.63, 3.8) is 0 Å². The number of nitrogens with zero attached hydrogens (tertiary/aromatic N) is 2. The third kappa shape index (κ3) is 3.44. The van der Waals surface area contributed by atoms with Crippen LogP contribution in [0.4, 0.5) is 5.82 Å². The maximum Gasteiger partial charge on any atom is 0.225 e. The summed E-state index contributed by atoms with van der Waals surface area (Å²) < 4.78 is 11.2. The minimum absolute atomic E-state index is 0.186. The minimum atomic E-state index is 0.186. The highest BCUT2D eigenvalue weighted by molar-refractivity contribution is 7.22. The summed E-state index contributed by atoms with van der Waals surface area (Å²) >= 11 is 13.4. The monoisotopic (exact) mass is 369 g/mol. The fourth-order valence-electron chi connectivity index (χ4n) is 2.18. The molecule has 3 rings (SSSR count). The van der Waals surface area contributed by atoms with Crippen LogP contribution in [-0.2, 0) is 6.54 Å². The number of anilines is 1. The molecule has 0 unspecified atom stereocenters. The summed E-state index contributed by atoms with van der Waals surface area (Å²) in [5.41, 5.74) is 1.02. The van der Waals surface area contributed by atoms with Crippen molar-refractivity contribution in [2.75, 3.05) is 19.5 Å². The molecular formula is C15H13Cl2N3O2S. The summed E-state index contributed by atoms with van der Waals surface area (Å²) in [4.78, 5) is 9.17. The van der Waals surface area contributed by atoms with Crippen molar-refractivity contribution in [3.05, 3.63) is 39.4 Å². The van der Waals surface area contributed by atoms with Crippen molar-refractivity contribution >= 4 is 50.6 Å². The number of aromatic nitrogens is 2. The SMILES string of the molecule is COc1ccc(CNc2nc(Cl)nc3sc(Cl)cc23)cc1OC. The Kier molecular flexibility index (Phi) is 4.75. The maximum absolute atomic E-state index is 6.05. The molecule has 0 aliphatic carbocycles. The molecular weight excluding hydrogens is 357 g/mol. The number of rotatable bonds is 5. The largest absolute Gasteiger partial charge is 0.493 e. The van der Waals surface area contributed by atoms with Crippen molar-refractivity contribution in [1.82, 2.24) is 9.97 Å². The van der Waals surface area contributed by atoms with E-state index >= 15 is 0 Å². The van der Waals surface area contributed by atoms with Gasteiger partial charge in [-0.1, -0.05) is 17.7 Å². The van der Waals surface area contributed by atoms with Crippen LogP contribution < -0.4 is 14.8 Å². The van der Waals surface area contributed by atoms with Gasteiger partial charge in [-0.2, -0.15) is 0 Å². The number of nitrogens with one attached hydrogen (secondary N) is 1. The zero-order chi connectivity index (χ0) is 16.4. The zero-order valence-corrected chi connectivity index (χ0v) is 14.7. The Bertz CT molecular complexity index is 854. The van der Waals surface area contributed by atoms with Crippen LogP contribution in [0, 0.1) is 0 Å². The molecule has 2 aromatic heterocycles. The Morgan fingerprint density at radius 3 is 2.61 bits per heavy atom. The van der Waals surface area contributed by atoms with Gasteiger partial charge in [-0.25, -0.2) is 9.97 Å². The second-order valence-corrected chi connectivity index (χ2v) is 6.65. The van der Waals surface area contributed by atoms with E-state index in [9.17, 15) is 0 Å². The van der Waals surface area contributed by atoms with Gasteiger partial charge >= 0.3 is 0 Å². The molecule has 0 amide bonds. The first-order valence-corrected chi connectivity index (χ1v) is 8.25. The molecule has 0 fully saturated rings. The number of ether oxygens (including phenoxy) is 2. The van der Waals surface area contributed by atoms with Crippen molar-refractivity contribution < 1.29 is 9.47 Å². The summed E-state index contributed by atoms with van der Waals surface area (Å²) in [5.74, 6) is 2.02. The van der Waals surface area contributed by atoms with Gasteiger partial charge in [0, 0.05) is 6.54 Å². The molecule has 0 bridgehead atoms. The number of hydrogen-bond acceptors (Lipinski definition) is 6. The molecule has 23 heavy (non-hydrogen) atoms. The number of benzene rings is 1. The highest BCUT2D eigenvalue weighted by Crippen LogP contribution is 2.33. The van der Waals surface area contributed by atoms with E-state index in [1.165, 1.54) is 11.3 Å². The maximum atomic E-state index is 6.05. The fraction of sp³-hybridized carbons (Fsp3) is 0.200. The number of hydrogen-bond donors (Lipinski definition) is 1. The standard InChI is InChI=1S/C15H13Cl2N3O2S/c1-21-10-4-3-8(5-11(10)22-2)7-18-13-9-6-12(16)23-14(9)20-15(17)19-13/h3-6H,7H2,1-2H3,(H,18,19,20). The average molecular weight is 370 g/mol. The molecule has 1 aromatic carbocycles. The summed E-state index contributed by atoms with van der Waals surface area (Å²) in [6, 6.07) is 7.55. The van der Waals surface area contributed by atoms with E-state index in [1.54, 1.807) is 14.2 Å². The van der Waals surface area contributed by atoms with Gasteiger partial charge in [-0.15, -0.1) is 11.3 Å². The van der Waals surface area contributed by atoms with Gasteiger partial charge in [-0.3, -0.25) is 0 Å². The molecule has 3 aromatic rings. The predicted molar refractivity (Wildman–Crippen MR) is 94.3 cm³/mol. The second kappa shape index (κ2) is 6.78. The van der Waals surface area contributed by atoms with Gasteiger partial charge in [0.15, 0.2) is 11.5 Å². The molecule has 0 aliphatic rings. The normalized spacial score (nSPS) is 10.8. The van der Waals surface area contributed by atoms with E-state index in [-0.39, 0.29) is 5.28 Å². The van der Waals surface area contributed by atoms with Crippen LogP contribution in [-0.4, -0.2) is 24.2 Å². The Morgan fingerprint density at radius 1 is 1.09 bits per heavy atom. The number of fused-ring (bicyclic) bond motifs is 1. The van der Waals surface area contributed by atoms with Crippen molar-refractivity contribution in [3.8, 4) is 11.5 Å². The van der Waals surface area contributed by atoms with Crippen LogP contribution in [0.3, 0.4) is 0 Å². The first-order chi connectivity index (χ1) is 11.1. The Morgan fingerprint density at radius 2 is 1.87 bits per heavy atom. The Hall–Kier alpha value is -1.76. The van der Waals surface area contributed by atoms with Gasteiger partial charge in [0.2, 0.25) is 5.28 Å². The lowest BCUT2D eigenvalue weighted by Gasteiger charge is -2.11. The summed E-state index contributed by atoms with van der Waals surface area (Å²) in [7, 11) is 3.21. The van der Waals surface area contributed by atoms with Crippen LogP contribution >= 0.6 is 34.5 Å². The predicted octanol–water partition coefficient (Wildman–Crippen LogP) is 4.63. The minimum Gasteiger partial charge on any atom is -0.493 e. The number of thiophene rings is 1. The third-order valence-electron chi connectivity index (χ3n) is 3.24. The first kappa shape index (κ1) is 16.1. The lowest BCUT2D eigenvalue weighted by molar-refractivity contribution is 0.354. The third-order valence-corrected chi connectivity index (χ3v) is 4.57. The van der Waals surface area contributed by atoms with Crippen molar-refractivity contribution in [1.29, 1.82) is 0 Å². The van der Waals surface area contributed by atoms with Crippen LogP contribution in [0.5, 0.6) is 11.5 Å². The Labute approximate surface area is 147 Å². The molecule has 1 N–H and O–H groups in total.